The molecular formula is C14H16F2N2O2. The third-order valence-electron chi connectivity index (χ3n) is 3.00. The Labute approximate surface area is 116 Å². The Hall–Kier alpha value is -1.95. The Morgan fingerprint density at radius 1 is 1.45 bits per heavy atom. The molecule has 6 heteroatoms. The molecule has 0 unspecified atom stereocenters. The highest BCUT2D eigenvalue weighted by atomic mass is 19.2. The Kier molecular flexibility index (Phi) is 4.68. The van der Waals surface area contributed by atoms with E-state index in [1.807, 2.05) is 0 Å². The van der Waals surface area contributed by atoms with E-state index in [2.05, 4.69) is 11.9 Å². The Bertz CT molecular complexity index is 502. The molecule has 1 heterocycles. The SMILES string of the molecule is C=CCNC(=O)N1CC(OCc2ccc(F)c(F)c2)C1. The van der Waals surface area contributed by atoms with Crippen molar-refractivity contribution in [1.82, 2.24) is 10.2 Å². The van der Waals surface area contributed by atoms with Crippen molar-refractivity contribution in [3.05, 3.63) is 48.1 Å². The quantitative estimate of drug-likeness (QED) is 0.840. The van der Waals surface area contributed by atoms with Gasteiger partial charge in [-0.25, -0.2) is 13.6 Å². The average molecular weight is 282 g/mol. The lowest BCUT2D eigenvalue weighted by Gasteiger charge is -2.38. The topological polar surface area (TPSA) is 41.6 Å². The number of rotatable bonds is 5. The molecule has 0 aromatic heterocycles. The van der Waals surface area contributed by atoms with E-state index >= 15 is 0 Å². The second-order valence-corrected chi connectivity index (χ2v) is 4.56. The van der Waals surface area contributed by atoms with E-state index in [4.69, 9.17) is 4.74 Å². The van der Waals surface area contributed by atoms with Gasteiger partial charge in [-0.05, 0) is 17.7 Å². The minimum atomic E-state index is -0.884. The zero-order valence-electron chi connectivity index (χ0n) is 10.9. The molecule has 1 aliphatic heterocycles. The number of hydrogen-bond donors (Lipinski definition) is 1. The zero-order chi connectivity index (χ0) is 14.5. The number of amides is 2. The number of likely N-dealkylation sites (tertiary alicyclic amines) is 1. The largest absolute Gasteiger partial charge is 0.370 e. The van der Waals surface area contributed by atoms with Crippen LogP contribution in [0.1, 0.15) is 5.56 Å². The molecule has 108 valence electrons. The van der Waals surface area contributed by atoms with Crippen LogP contribution < -0.4 is 5.32 Å². The molecule has 0 aliphatic carbocycles. The molecular weight excluding hydrogens is 266 g/mol. The average Bonchev–Trinajstić information content (AvgIpc) is 2.38. The van der Waals surface area contributed by atoms with Gasteiger partial charge in [0.05, 0.1) is 25.8 Å². The molecule has 1 aliphatic rings. The normalized spacial score (nSPS) is 14.8. The summed E-state index contributed by atoms with van der Waals surface area (Å²) >= 11 is 0. The third kappa shape index (κ3) is 3.54. The van der Waals surface area contributed by atoms with Crippen molar-refractivity contribution >= 4 is 6.03 Å². The van der Waals surface area contributed by atoms with Crippen molar-refractivity contribution in [3.63, 3.8) is 0 Å². The van der Waals surface area contributed by atoms with E-state index in [-0.39, 0.29) is 18.7 Å². The molecule has 4 nitrogen and oxygen atoms in total. The fraction of sp³-hybridized carbons (Fsp3) is 0.357. The molecule has 0 radical (unpaired) electrons. The Morgan fingerprint density at radius 2 is 2.20 bits per heavy atom. The predicted octanol–water partition coefficient (Wildman–Crippen LogP) is 2.06. The molecule has 2 amide bonds. The Balaban J connectivity index is 1.71. The second kappa shape index (κ2) is 6.47. The van der Waals surface area contributed by atoms with Gasteiger partial charge in [-0.2, -0.15) is 0 Å². The van der Waals surface area contributed by atoms with E-state index in [0.29, 0.717) is 25.2 Å². The summed E-state index contributed by atoms with van der Waals surface area (Å²) < 4.78 is 31.2. The number of nitrogens with one attached hydrogen (secondary N) is 1. The van der Waals surface area contributed by atoms with Crippen molar-refractivity contribution in [2.45, 2.75) is 12.7 Å². The van der Waals surface area contributed by atoms with Gasteiger partial charge in [0.1, 0.15) is 0 Å². The molecule has 1 fully saturated rings. The number of urea groups is 1. The van der Waals surface area contributed by atoms with Crippen LogP contribution in [0.5, 0.6) is 0 Å². The van der Waals surface area contributed by atoms with Crippen LogP contribution in [0.4, 0.5) is 13.6 Å². The van der Waals surface area contributed by atoms with Gasteiger partial charge in [-0.15, -0.1) is 6.58 Å². The van der Waals surface area contributed by atoms with E-state index < -0.39 is 11.6 Å². The van der Waals surface area contributed by atoms with Gasteiger partial charge in [0.2, 0.25) is 0 Å². The molecule has 1 aromatic carbocycles. The highest BCUT2D eigenvalue weighted by molar-refractivity contribution is 5.75. The lowest BCUT2D eigenvalue weighted by Crippen LogP contribution is -2.57. The lowest BCUT2D eigenvalue weighted by atomic mass is 10.1. The van der Waals surface area contributed by atoms with Crippen molar-refractivity contribution in [2.75, 3.05) is 19.6 Å². The van der Waals surface area contributed by atoms with Crippen LogP contribution >= 0.6 is 0 Å². The minimum Gasteiger partial charge on any atom is -0.370 e. The second-order valence-electron chi connectivity index (χ2n) is 4.56. The van der Waals surface area contributed by atoms with Crippen LogP contribution in [-0.2, 0) is 11.3 Å². The smallest absolute Gasteiger partial charge is 0.317 e. The van der Waals surface area contributed by atoms with Crippen LogP contribution in [-0.4, -0.2) is 36.7 Å². The maximum absolute atomic E-state index is 13.0. The first-order valence-corrected chi connectivity index (χ1v) is 6.29. The van der Waals surface area contributed by atoms with Crippen molar-refractivity contribution in [2.24, 2.45) is 0 Å². The summed E-state index contributed by atoms with van der Waals surface area (Å²) in [6, 6.07) is 3.51. The molecule has 2 rings (SSSR count). The van der Waals surface area contributed by atoms with Crippen LogP contribution in [0, 0.1) is 11.6 Å². The van der Waals surface area contributed by atoms with Gasteiger partial charge in [0.25, 0.3) is 0 Å². The molecule has 0 spiro atoms. The summed E-state index contributed by atoms with van der Waals surface area (Å²) in [5, 5.41) is 2.66. The van der Waals surface area contributed by atoms with Crippen molar-refractivity contribution in [1.29, 1.82) is 0 Å². The van der Waals surface area contributed by atoms with Gasteiger partial charge in [-0.1, -0.05) is 12.1 Å². The molecule has 0 saturated carbocycles. The summed E-state index contributed by atoms with van der Waals surface area (Å²) in [5.74, 6) is -1.76. The summed E-state index contributed by atoms with van der Waals surface area (Å²) in [4.78, 5) is 13.1. The molecule has 0 bridgehead atoms. The monoisotopic (exact) mass is 282 g/mol. The Morgan fingerprint density at radius 3 is 2.85 bits per heavy atom. The number of benzene rings is 1. The van der Waals surface area contributed by atoms with Gasteiger partial charge in [-0.3, -0.25) is 0 Å². The molecule has 1 aromatic rings. The van der Waals surface area contributed by atoms with E-state index in [1.165, 1.54) is 6.07 Å². The predicted molar refractivity (Wildman–Crippen MR) is 70.1 cm³/mol. The molecule has 1 N–H and O–H groups in total. The zero-order valence-corrected chi connectivity index (χ0v) is 10.9. The fourth-order valence-corrected chi connectivity index (χ4v) is 1.82. The third-order valence-corrected chi connectivity index (χ3v) is 3.00. The highest BCUT2D eigenvalue weighted by Crippen LogP contribution is 2.15. The van der Waals surface area contributed by atoms with Gasteiger partial charge >= 0.3 is 6.03 Å². The number of carbonyl (C=O) groups excluding carboxylic acids is 1. The summed E-state index contributed by atoms with van der Waals surface area (Å²) in [5.41, 5.74) is 0.568. The standard InChI is InChI=1S/C14H16F2N2O2/c1-2-5-17-14(19)18-7-11(8-18)20-9-10-3-4-12(15)13(16)6-10/h2-4,6,11H,1,5,7-9H2,(H,17,19). The fourth-order valence-electron chi connectivity index (χ4n) is 1.82. The minimum absolute atomic E-state index is 0.0717. The molecule has 0 atom stereocenters. The first kappa shape index (κ1) is 14.5. The molecule has 1 saturated heterocycles. The molecule has 20 heavy (non-hydrogen) atoms. The highest BCUT2D eigenvalue weighted by Gasteiger charge is 2.30. The first-order valence-electron chi connectivity index (χ1n) is 6.29. The number of carbonyl (C=O) groups is 1. The van der Waals surface area contributed by atoms with Gasteiger partial charge in [0, 0.05) is 6.54 Å². The number of ether oxygens (including phenoxy) is 1. The number of hydrogen-bond acceptors (Lipinski definition) is 2. The number of nitrogens with zero attached hydrogens (tertiary/aromatic N) is 1. The maximum Gasteiger partial charge on any atom is 0.317 e. The van der Waals surface area contributed by atoms with E-state index in [1.54, 1.807) is 11.0 Å². The van der Waals surface area contributed by atoms with Crippen molar-refractivity contribution in [3.8, 4) is 0 Å². The van der Waals surface area contributed by atoms with Crippen molar-refractivity contribution < 1.29 is 18.3 Å². The summed E-state index contributed by atoms with van der Waals surface area (Å²) in [6.45, 7) is 5.12. The maximum atomic E-state index is 13.0. The number of halogens is 2. The first-order chi connectivity index (χ1) is 9.60. The summed E-state index contributed by atoms with van der Waals surface area (Å²) in [7, 11) is 0. The van der Waals surface area contributed by atoms with Gasteiger partial charge in [0.15, 0.2) is 11.6 Å². The van der Waals surface area contributed by atoms with E-state index in [9.17, 15) is 13.6 Å². The van der Waals surface area contributed by atoms with Crippen LogP contribution in [0.2, 0.25) is 0 Å². The summed E-state index contributed by atoms with van der Waals surface area (Å²) in [6.07, 6.45) is 1.53. The van der Waals surface area contributed by atoms with Crippen LogP contribution in [0.15, 0.2) is 30.9 Å². The van der Waals surface area contributed by atoms with E-state index in [0.717, 1.165) is 12.1 Å². The van der Waals surface area contributed by atoms with Gasteiger partial charge < -0.3 is 15.0 Å². The lowest BCUT2D eigenvalue weighted by molar-refractivity contribution is -0.0441. The van der Waals surface area contributed by atoms with Crippen LogP contribution in [0.3, 0.4) is 0 Å². The van der Waals surface area contributed by atoms with Crippen LogP contribution in [0.25, 0.3) is 0 Å².